The van der Waals surface area contributed by atoms with Crippen LogP contribution in [0.4, 0.5) is 0 Å². The Kier molecular flexibility index (Phi) is 58.6. The quantitative estimate of drug-likeness (QED) is 0.0264. The third kappa shape index (κ3) is 59.2. The zero-order chi connectivity index (χ0) is 53.8. The lowest BCUT2D eigenvalue weighted by molar-refractivity contribution is -0.161. The molecule has 2 unspecified atom stereocenters. The molecular weight excluding hydrogens is 942 g/mol. The minimum Gasteiger partial charge on any atom is -0.462 e. The van der Waals surface area contributed by atoms with Crippen molar-refractivity contribution in [3.8, 4) is 0 Å². The van der Waals surface area contributed by atoms with Crippen molar-refractivity contribution in [2.75, 3.05) is 26.4 Å². The van der Waals surface area contributed by atoms with Gasteiger partial charge in [-0.3, -0.25) is 18.6 Å². The summed E-state index contributed by atoms with van der Waals surface area (Å²) < 4.78 is 32.8. The van der Waals surface area contributed by atoms with Gasteiger partial charge >= 0.3 is 19.8 Å². The fraction of sp³-hybridized carbons (Fsp3) is 0.844. The van der Waals surface area contributed by atoms with Gasteiger partial charge in [0.1, 0.15) is 6.61 Å². The summed E-state index contributed by atoms with van der Waals surface area (Å²) in [5.41, 5.74) is 5.36. The summed E-state index contributed by atoms with van der Waals surface area (Å²) in [6.07, 6.45) is 75.5. The van der Waals surface area contributed by atoms with Crippen LogP contribution in [0, 0.1) is 0 Å². The van der Waals surface area contributed by atoms with Crippen molar-refractivity contribution in [2.45, 2.75) is 322 Å². The Labute approximate surface area is 457 Å². The van der Waals surface area contributed by atoms with Crippen LogP contribution in [0.15, 0.2) is 48.6 Å². The molecule has 2 atom stereocenters. The number of ether oxygens (including phenoxy) is 2. The maximum atomic E-state index is 12.6. The first kappa shape index (κ1) is 72.0. The molecule has 74 heavy (non-hydrogen) atoms. The molecule has 0 amide bonds. The summed E-state index contributed by atoms with van der Waals surface area (Å²) >= 11 is 0. The molecule has 0 radical (unpaired) electrons. The van der Waals surface area contributed by atoms with Crippen LogP contribution in [0.5, 0.6) is 0 Å². The highest BCUT2D eigenvalue weighted by molar-refractivity contribution is 7.47. The van der Waals surface area contributed by atoms with E-state index in [1.54, 1.807) is 0 Å². The van der Waals surface area contributed by atoms with Gasteiger partial charge in [-0.15, -0.1) is 0 Å². The van der Waals surface area contributed by atoms with E-state index in [1.807, 2.05) is 12.2 Å². The number of nitrogens with two attached hydrogens (primary N) is 1. The van der Waals surface area contributed by atoms with Crippen molar-refractivity contribution >= 4 is 19.8 Å². The fourth-order valence-corrected chi connectivity index (χ4v) is 10.1. The minimum atomic E-state index is -4.40. The minimum absolute atomic E-state index is 0.0427. The van der Waals surface area contributed by atoms with Crippen LogP contribution >= 0.6 is 7.82 Å². The van der Waals surface area contributed by atoms with Crippen LogP contribution < -0.4 is 5.73 Å². The van der Waals surface area contributed by atoms with Gasteiger partial charge in [-0.2, -0.15) is 0 Å². The number of hydrogen-bond donors (Lipinski definition) is 2. The van der Waals surface area contributed by atoms with Gasteiger partial charge in [-0.05, 0) is 38.5 Å². The second-order valence-electron chi connectivity index (χ2n) is 21.3. The normalized spacial score (nSPS) is 13.3. The van der Waals surface area contributed by atoms with Crippen molar-refractivity contribution in [3.63, 3.8) is 0 Å². The largest absolute Gasteiger partial charge is 0.472 e. The average molecular weight is 1060 g/mol. The number of phosphoric acid groups is 1. The average Bonchev–Trinajstić information content (AvgIpc) is 3.39. The second kappa shape index (κ2) is 60.2. The first-order chi connectivity index (χ1) is 36.3. The standard InChI is InChI=1S/C64H120NO8P/c1-3-5-7-9-11-13-15-17-18-19-20-21-22-23-24-25-26-27-28-29-30-31-32-33-34-35-36-37-38-39-40-41-42-43-45-46-48-50-52-54-56-63(66)70-60-62(61-72-74(68,69)71-59-58-65)73-64(67)57-55-53-51-49-47-44-16-14-12-10-8-6-4-2/h6,8,12,14,44,47,51,53,62H,3-5,7,9-11,13,15-43,45-46,48-50,52,54-61,65H2,1-2H3,(H,68,69)/b8-6-,14-12-,47-44-,53-51-. The van der Waals surface area contributed by atoms with Crippen molar-refractivity contribution in [3.05, 3.63) is 48.6 Å². The third-order valence-corrected chi connectivity index (χ3v) is 15.0. The zero-order valence-electron chi connectivity index (χ0n) is 48.6. The number of carbonyl (C=O) groups excluding carboxylic acids is 2. The van der Waals surface area contributed by atoms with E-state index in [0.29, 0.717) is 6.42 Å². The number of hydrogen-bond acceptors (Lipinski definition) is 8. The molecule has 0 saturated heterocycles. The lowest BCUT2D eigenvalue weighted by atomic mass is 10.0. The topological polar surface area (TPSA) is 134 Å². The maximum absolute atomic E-state index is 12.6. The van der Waals surface area contributed by atoms with Crippen molar-refractivity contribution in [1.29, 1.82) is 0 Å². The Bertz CT molecular complexity index is 1350. The molecule has 0 saturated carbocycles. The monoisotopic (exact) mass is 1060 g/mol. The van der Waals surface area contributed by atoms with E-state index < -0.39 is 32.5 Å². The first-order valence-electron chi connectivity index (χ1n) is 31.6. The molecule has 0 aromatic carbocycles. The Morgan fingerprint density at radius 1 is 0.419 bits per heavy atom. The number of allylic oxidation sites excluding steroid dienone is 8. The molecule has 9 nitrogen and oxygen atoms in total. The number of esters is 2. The highest BCUT2D eigenvalue weighted by atomic mass is 31.2. The van der Waals surface area contributed by atoms with E-state index >= 15 is 0 Å². The van der Waals surface area contributed by atoms with E-state index in [1.165, 1.54) is 238 Å². The number of unbranched alkanes of at least 4 members (excludes halogenated alkanes) is 39. The van der Waals surface area contributed by atoms with Crippen LogP contribution in [0.3, 0.4) is 0 Å². The Balaban J connectivity index is 3.70. The van der Waals surface area contributed by atoms with Crippen LogP contribution in [-0.4, -0.2) is 49.3 Å². The second-order valence-corrected chi connectivity index (χ2v) is 22.7. The van der Waals surface area contributed by atoms with Gasteiger partial charge in [0.2, 0.25) is 0 Å². The molecule has 0 aliphatic carbocycles. The molecule has 0 aliphatic rings. The predicted molar refractivity (Wildman–Crippen MR) is 317 cm³/mol. The van der Waals surface area contributed by atoms with Gasteiger partial charge in [0, 0.05) is 19.4 Å². The van der Waals surface area contributed by atoms with Gasteiger partial charge < -0.3 is 20.1 Å². The summed E-state index contributed by atoms with van der Waals surface area (Å²) in [6.45, 7) is 3.57. The molecule has 0 fully saturated rings. The Hall–Kier alpha value is -2.03. The predicted octanol–water partition coefficient (Wildman–Crippen LogP) is 20.1. The fourth-order valence-electron chi connectivity index (χ4n) is 9.36. The Morgan fingerprint density at radius 3 is 1.08 bits per heavy atom. The lowest BCUT2D eigenvalue weighted by Crippen LogP contribution is -2.29. The SMILES string of the molecule is CC/C=C\C/C=C\C/C=C\C/C=C\CCC(=O)OC(COC(=O)CCCCCCCCCCCCCCCCCCCCCCCCCCCCCCCCCCCCCCCCCC)COP(=O)(O)OCCN. The number of rotatable bonds is 60. The molecule has 0 rings (SSSR count). The molecule has 0 aromatic rings. The molecule has 3 N–H and O–H groups in total. The molecule has 0 aromatic heterocycles. The van der Waals surface area contributed by atoms with Crippen molar-refractivity contribution in [1.82, 2.24) is 0 Å². The van der Waals surface area contributed by atoms with Gasteiger partial charge in [0.05, 0.1) is 13.2 Å². The van der Waals surface area contributed by atoms with E-state index in [0.717, 1.165) is 44.9 Å². The van der Waals surface area contributed by atoms with Crippen LogP contribution in [-0.2, 0) is 32.7 Å². The highest BCUT2D eigenvalue weighted by Crippen LogP contribution is 2.43. The summed E-state index contributed by atoms with van der Waals surface area (Å²) in [4.78, 5) is 35.0. The summed E-state index contributed by atoms with van der Waals surface area (Å²) in [7, 11) is -4.40. The van der Waals surface area contributed by atoms with Gasteiger partial charge in [0.15, 0.2) is 6.10 Å². The maximum Gasteiger partial charge on any atom is 0.472 e. The van der Waals surface area contributed by atoms with Crippen molar-refractivity contribution in [2.24, 2.45) is 5.73 Å². The van der Waals surface area contributed by atoms with E-state index in [-0.39, 0.29) is 32.6 Å². The van der Waals surface area contributed by atoms with Gasteiger partial charge in [-0.25, -0.2) is 4.57 Å². The summed E-state index contributed by atoms with van der Waals surface area (Å²) in [5.74, 6) is -0.913. The van der Waals surface area contributed by atoms with Crippen LogP contribution in [0.2, 0.25) is 0 Å². The highest BCUT2D eigenvalue weighted by Gasteiger charge is 2.26. The van der Waals surface area contributed by atoms with Crippen molar-refractivity contribution < 1.29 is 37.6 Å². The molecule has 10 heteroatoms. The van der Waals surface area contributed by atoms with E-state index in [9.17, 15) is 19.0 Å². The van der Waals surface area contributed by atoms with Gasteiger partial charge in [-0.1, -0.05) is 313 Å². The summed E-state index contributed by atoms with van der Waals surface area (Å²) in [5, 5.41) is 0. The van der Waals surface area contributed by atoms with Crippen LogP contribution in [0.1, 0.15) is 316 Å². The molecule has 0 bridgehead atoms. The zero-order valence-corrected chi connectivity index (χ0v) is 49.5. The van der Waals surface area contributed by atoms with Gasteiger partial charge in [0.25, 0.3) is 0 Å². The first-order valence-corrected chi connectivity index (χ1v) is 33.1. The number of phosphoric ester groups is 1. The van der Waals surface area contributed by atoms with E-state index in [2.05, 4.69) is 50.3 Å². The summed E-state index contributed by atoms with van der Waals surface area (Å²) in [6, 6.07) is 0. The molecule has 0 spiro atoms. The van der Waals surface area contributed by atoms with E-state index in [4.69, 9.17) is 24.3 Å². The third-order valence-electron chi connectivity index (χ3n) is 14.0. The van der Waals surface area contributed by atoms with Crippen LogP contribution in [0.25, 0.3) is 0 Å². The molecule has 0 heterocycles. The lowest BCUT2D eigenvalue weighted by Gasteiger charge is -2.19. The Morgan fingerprint density at radius 2 is 0.743 bits per heavy atom. The smallest absolute Gasteiger partial charge is 0.462 e. The number of carbonyl (C=O) groups is 2. The molecular formula is C64H120NO8P. The molecule has 0 aliphatic heterocycles. The molecule has 434 valence electrons.